The number of nitrogens with one attached hydrogen (secondary N) is 1. The van der Waals surface area contributed by atoms with E-state index in [4.69, 9.17) is 4.74 Å². The molecular formula is C19H17N5O3S. The van der Waals surface area contributed by atoms with E-state index in [0.717, 1.165) is 10.6 Å². The summed E-state index contributed by atoms with van der Waals surface area (Å²) in [6.07, 6.45) is 2.18. The van der Waals surface area contributed by atoms with Crippen molar-refractivity contribution in [3.63, 3.8) is 0 Å². The molecule has 0 radical (unpaired) electrons. The van der Waals surface area contributed by atoms with Gasteiger partial charge in [0.05, 0.1) is 0 Å². The number of fused-ring (bicyclic) bond motifs is 1. The molecule has 1 aliphatic heterocycles. The molecule has 9 heteroatoms. The maximum Gasteiger partial charge on any atom is 0.283 e. The molecule has 0 aliphatic carbocycles. The summed E-state index contributed by atoms with van der Waals surface area (Å²) in [4.78, 5) is 30.8. The van der Waals surface area contributed by atoms with Crippen molar-refractivity contribution in [3.05, 3.63) is 64.2 Å². The molecule has 1 unspecified atom stereocenters. The van der Waals surface area contributed by atoms with Crippen LogP contribution in [0.5, 0.6) is 5.75 Å². The first-order valence-electron chi connectivity index (χ1n) is 8.64. The lowest BCUT2D eigenvalue weighted by molar-refractivity contribution is -0.120. The highest BCUT2D eigenvalue weighted by atomic mass is 32.1. The second-order valence-electron chi connectivity index (χ2n) is 6.22. The summed E-state index contributed by atoms with van der Waals surface area (Å²) < 4.78 is 5.65. The molecular weight excluding hydrogens is 378 g/mol. The number of hydrogen-bond acceptors (Lipinski definition) is 7. The number of anilines is 1. The lowest BCUT2D eigenvalue weighted by Gasteiger charge is -2.18. The van der Waals surface area contributed by atoms with E-state index in [-0.39, 0.29) is 17.5 Å². The van der Waals surface area contributed by atoms with E-state index in [9.17, 15) is 9.59 Å². The van der Waals surface area contributed by atoms with Crippen molar-refractivity contribution in [1.82, 2.24) is 20.5 Å². The van der Waals surface area contributed by atoms with E-state index in [1.54, 1.807) is 25.4 Å². The number of carbonyl (C=O) groups is 2. The van der Waals surface area contributed by atoms with Crippen molar-refractivity contribution >= 4 is 29.0 Å². The van der Waals surface area contributed by atoms with Crippen LogP contribution in [0.2, 0.25) is 0 Å². The number of pyridine rings is 1. The van der Waals surface area contributed by atoms with Gasteiger partial charge in [-0.2, -0.15) is 0 Å². The van der Waals surface area contributed by atoms with Gasteiger partial charge < -0.3 is 10.1 Å². The average molecular weight is 395 g/mol. The average Bonchev–Trinajstić information content (AvgIpc) is 3.15. The minimum absolute atomic E-state index is 0.0171. The summed E-state index contributed by atoms with van der Waals surface area (Å²) in [5.74, 6) is 0.160. The number of likely N-dealkylation sites (N-methyl/N-ethyl adjacent to an activating group) is 1. The van der Waals surface area contributed by atoms with Crippen molar-refractivity contribution < 1.29 is 14.3 Å². The van der Waals surface area contributed by atoms with Gasteiger partial charge in [0.15, 0.2) is 11.6 Å². The summed E-state index contributed by atoms with van der Waals surface area (Å²) in [6, 6.07) is 12.4. The predicted octanol–water partition coefficient (Wildman–Crippen LogP) is 1.68. The number of carbonyl (C=O) groups excluding carboxylic acids is 2. The van der Waals surface area contributed by atoms with Crippen molar-refractivity contribution in [2.24, 2.45) is 0 Å². The zero-order valence-corrected chi connectivity index (χ0v) is 15.8. The SMILES string of the molecule is CN1C(=O)C(NC(=O)c2nnc(Cc3ccccc3)s2)COc2cccnc21. The van der Waals surface area contributed by atoms with Crippen molar-refractivity contribution in [3.8, 4) is 5.75 Å². The molecule has 8 nitrogen and oxygen atoms in total. The summed E-state index contributed by atoms with van der Waals surface area (Å²) in [5.41, 5.74) is 1.09. The first kappa shape index (κ1) is 18.1. The second-order valence-corrected chi connectivity index (χ2v) is 7.28. The maximum atomic E-state index is 12.7. The third kappa shape index (κ3) is 3.70. The van der Waals surface area contributed by atoms with E-state index in [1.807, 2.05) is 30.3 Å². The first-order valence-corrected chi connectivity index (χ1v) is 9.46. The fraction of sp³-hybridized carbons (Fsp3) is 0.211. The van der Waals surface area contributed by atoms with Gasteiger partial charge in [-0.3, -0.25) is 14.5 Å². The van der Waals surface area contributed by atoms with Gasteiger partial charge in [-0.15, -0.1) is 10.2 Å². The lowest BCUT2D eigenvalue weighted by Crippen LogP contribution is -2.49. The molecule has 0 fully saturated rings. The molecule has 142 valence electrons. The Kier molecular flexibility index (Phi) is 4.98. The molecule has 0 saturated carbocycles. The minimum atomic E-state index is -0.840. The summed E-state index contributed by atoms with van der Waals surface area (Å²) >= 11 is 1.21. The Hall–Kier alpha value is -3.33. The third-order valence-corrected chi connectivity index (χ3v) is 5.19. The topological polar surface area (TPSA) is 97.3 Å². The quantitative estimate of drug-likeness (QED) is 0.722. The smallest absolute Gasteiger partial charge is 0.283 e. The van der Waals surface area contributed by atoms with Gasteiger partial charge in [0.25, 0.3) is 11.8 Å². The highest BCUT2D eigenvalue weighted by Gasteiger charge is 2.32. The Labute approximate surface area is 165 Å². The molecule has 1 aromatic carbocycles. The van der Waals surface area contributed by atoms with Gasteiger partial charge in [-0.05, 0) is 17.7 Å². The van der Waals surface area contributed by atoms with E-state index in [1.165, 1.54) is 16.2 Å². The van der Waals surface area contributed by atoms with Crippen LogP contribution in [0.25, 0.3) is 0 Å². The molecule has 0 bridgehead atoms. The maximum absolute atomic E-state index is 12.7. The number of amides is 2. The molecule has 28 heavy (non-hydrogen) atoms. The predicted molar refractivity (Wildman–Crippen MR) is 104 cm³/mol. The Bertz CT molecular complexity index is 1010. The van der Waals surface area contributed by atoms with Crippen LogP contribution in [0.1, 0.15) is 20.4 Å². The fourth-order valence-corrected chi connectivity index (χ4v) is 3.62. The van der Waals surface area contributed by atoms with Crippen molar-refractivity contribution in [2.45, 2.75) is 12.5 Å². The molecule has 1 N–H and O–H groups in total. The van der Waals surface area contributed by atoms with Crippen LogP contribution in [0.15, 0.2) is 48.7 Å². The van der Waals surface area contributed by atoms with Gasteiger partial charge in [-0.1, -0.05) is 41.7 Å². The lowest BCUT2D eigenvalue weighted by atomic mass is 10.2. The number of hydrogen-bond donors (Lipinski definition) is 1. The number of nitrogens with zero attached hydrogens (tertiary/aromatic N) is 4. The van der Waals surface area contributed by atoms with Gasteiger partial charge in [-0.25, -0.2) is 4.98 Å². The Morgan fingerprint density at radius 1 is 1.25 bits per heavy atom. The standard InChI is InChI=1S/C19H17N5O3S/c1-24-16-14(8-5-9-20-16)27-11-13(19(24)26)21-17(25)18-23-22-15(28-18)10-12-6-3-2-4-7-12/h2-9,13H,10-11H2,1H3,(H,21,25). The van der Waals surface area contributed by atoms with Crippen molar-refractivity contribution in [2.75, 3.05) is 18.6 Å². The van der Waals surface area contributed by atoms with Gasteiger partial charge in [0, 0.05) is 19.7 Å². The zero-order chi connectivity index (χ0) is 19.5. The number of ether oxygens (including phenoxy) is 1. The number of rotatable bonds is 4. The van der Waals surface area contributed by atoms with E-state index < -0.39 is 11.9 Å². The van der Waals surface area contributed by atoms with E-state index in [2.05, 4.69) is 20.5 Å². The van der Waals surface area contributed by atoms with Crippen LogP contribution in [-0.4, -0.2) is 46.7 Å². The molecule has 2 aromatic heterocycles. The zero-order valence-electron chi connectivity index (χ0n) is 15.0. The van der Waals surface area contributed by atoms with Crippen molar-refractivity contribution in [1.29, 1.82) is 0 Å². The number of benzene rings is 1. The molecule has 3 aromatic rings. The Morgan fingerprint density at radius 3 is 2.89 bits per heavy atom. The molecule has 1 aliphatic rings. The molecule has 0 spiro atoms. The van der Waals surface area contributed by atoms with E-state index >= 15 is 0 Å². The summed E-state index contributed by atoms with van der Waals surface area (Å²) in [6.45, 7) is 0.0171. The van der Waals surface area contributed by atoms with Crippen LogP contribution in [0.4, 0.5) is 5.82 Å². The normalized spacial score (nSPS) is 16.1. The monoisotopic (exact) mass is 395 g/mol. The minimum Gasteiger partial charge on any atom is -0.487 e. The van der Waals surface area contributed by atoms with Gasteiger partial charge in [0.2, 0.25) is 5.01 Å². The molecule has 1 atom stereocenters. The van der Waals surface area contributed by atoms with Gasteiger partial charge >= 0.3 is 0 Å². The largest absolute Gasteiger partial charge is 0.487 e. The summed E-state index contributed by atoms with van der Waals surface area (Å²) in [7, 11) is 1.60. The molecule has 0 saturated heterocycles. The van der Waals surface area contributed by atoms with Crippen LogP contribution in [0.3, 0.4) is 0 Å². The molecule has 2 amide bonds. The van der Waals surface area contributed by atoms with Crippen LogP contribution >= 0.6 is 11.3 Å². The third-order valence-electron chi connectivity index (χ3n) is 4.27. The first-order chi connectivity index (χ1) is 13.6. The second kappa shape index (κ2) is 7.73. The van der Waals surface area contributed by atoms with E-state index in [0.29, 0.717) is 18.0 Å². The molecule has 4 rings (SSSR count). The Balaban J connectivity index is 1.45. The fourth-order valence-electron chi connectivity index (χ4n) is 2.84. The van der Waals surface area contributed by atoms with Crippen LogP contribution < -0.4 is 15.0 Å². The van der Waals surface area contributed by atoms with Crippen LogP contribution in [-0.2, 0) is 11.2 Å². The molecule has 3 heterocycles. The van der Waals surface area contributed by atoms with Crippen LogP contribution in [0, 0.1) is 0 Å². The highest BCUT2D eigenvalue weighted by molar-refractivity contribution is 7.13. The highest BCUT2D eigenvalue weighted by Crippen LogP contribution is 2.27. The summed E-state index contributed by atoms with van der Waals surface area (Å²) in [5, 5.41) is 11.7. The Morgan fingerprint density at radius 2 is 2.07 bits per heavy atom. The number of aromatic nitrogens is 3. The van der Waals surface area contributed by atoms with Gasteiger partial charge in [0.1, 0.15) is 17.7 Å².